The molecule has 1 unspecified atom stereocenters. The summed E-state index contributed by atoms with van der Waals surface area (Å²) in [5.41, 5.74) is 1.15. The van der Waals surface area contributed by atoms with Crippen LogP contribution in [-0.4, -0.2) is 37.8 Å². The molecular weight excluding hydrogens is 380 g/mol. The van der Waals surface area contributed by atoms with Crippen LogP contribution in [0.25, 0.3) is 0 Å². The Labute approximate surface area is 165 Å². The van der Waals surface area contributed by atoms with Crippen LogP contribution in [0.5, 0.6) is 0 Å². The molecule has 1 amide bonds. The minimum Gasteiger partial charge on any atom is -0.356 e. The normalized spacial score (nSPS) is 18.3. The summed E-state index contributed by atoms with van der Waals surface area (Å²) in [6.07, 6.45) is 4.60. The number of carbonyl (C=O) groups excluding carboxylic acids is 1. The summed E-state index contributed by atoms with van der Waals surface area (Å²) >= 11 is 1.26. The van der Waals surface area contributed by atoms with E-state index in [0.717, 1.165) is 31.2 Å². The lowest BCUT2D eigenvalue weighted by atomic mass is 10.0. The maximum absolute atomic E-state index is 12.9. The number of hydrogen-bond donors (Lipinski definition) is 1. The van der Waals surface area contributed by atoms with Crippen LogP contribution in [0, 0.1) is 0 Å². The standard InChI is InChI=1S/C20H26N2O3S2/c23-19(12-11-17-7-2-1-3-8-17)21-14-13-18-9-4-5-15-22(18)27(24,25)20-10-6-16-26-20/h1-3,6-8,10,16,18H,4-5,9,11-15H2,(H,21,23). The minimum atomic E-state index is -3.43. The van der Waals surface area contributed by atoms with Crippen molar-refractivity contribution in [2.24, 2.45) is 0 Å². The second-order valence-corrected chi connectivity index (χ2v) is 9.89. The highest BCUT2D eigenvalue weighted by atomic mass is 32.2. The summed E-state index contributed by atoms with van der Waals surface area (Å²) in [5.74, 6) is 0.0160. The van der Waals surface area contributed by atoms with Gasteiger partial charge in [0, 0.05) is 25.6 Å². The molecule has 1 aromatic heterocycles. The van der Waals surface area contributed by atoms with E-state index in [1.165, 1.54) is 11.3 Å². The first kappa shape index (κ1) is 20.0. The number of carbonyl (C=O) groups is 1. The van der Waals surface area contributed by atoms with E-state index in [4.69, 9.17) is 0 Å². The van der Waals surface area contributed by atoms with E-state index in [-0.39, 0.29) is 11.9 Å². The van der Waals surface area contributed by atoms with E-state index in [9.17, 15) is 13.2 Å². The number of sulfonamides is 1. The van der Waals surface area contributed by atoms with Gasteiger partial charge in [0.1, 0.15) is 4.21 Å². The molecular formula is C20H26N2O3S2. The lowest BCUT2D eigenvalue weighted by molar-refractivity contribution is -0.121. The molecule has 5 nitrogen and oxygen atoms in total. The predicted octanol–water partition coefficient (Wildman–Crippen LogP) is 3.43. The van der Waals surface area contributed by atoms with Crippen molar-refractivity contribution in [3.8, 4) is 0 Å². The first-order chi connectivity index (χ1) is 13.1. The summed E-state index contributed by atoms with van der Waals surface area (Å²) in [7, 11) is -3.43. The third-order valence-corrected chi connectivity index (χ3v) is 8.24. The second kappa shape index (κ2) is 9.48. The number of hydrogen-bond acceptors (Lipinski definition) is 4. The van der Waals surface area contributed by atoms with E-state index in [0.29, 0.717) is 30.1 Å². The van der Waals surface area contributed by atoms with Gasteiger partial charge in [0.05, 0.1) is 0 Å². The highest BCUT2D eigenvalue weighted by molar-refractivity contribution is 7.91. The van der Waals surface area contributed by atoms with E-state index in [1.54, 1.807) is 21.8 Å². The Morgan fingerprint density at radius 1 is 1.15 bits per heavy atom. The Balaban J connectivity index is 1.49. The predicted molar refractivity (Wildman–Crippen MR) is 108 cm³/mol. The molecule has 0 spiro atoms. The fraction of sp³-hybridized carbons (Fsp3) is 0.450. The first-order valence-corrected chi connectivity index (χ1v) is 11.8. The molecule has 1 N–H and O–H groups in total. The van der Waals surface area contributed by atoms with Gasteiger partial charge in [-0.1, -0.05) is 42.8 Å². The summed E-state index contributed by atoms with van der Waals surface area (Å²) in [5, 5.41) is 4.74. The van der Waals surface area contributed by atoms with E-state index in [2.05, 4.69) is 5.32 Å². The molecule has 146 valence electrons. The number of nitrogens with one attached hydrogen (secondary N) is 1. The highest BCUT2D eigenvalue weighted by Crippen LogP contribution is 2.29. The Morgan fingerprint density at radius 3 is 2.70 bits per heavy atom. The van der Waals surface area contributed by atoms with Gasteiger partial charge in [0.15, 0.2) is 0 Å². The molecule has 1 aliphatic rings. The van der Waals surface area contributed by atoms with Crippen molar-refractivity contribution in [3.63, 3.8) is 0 Å². The largest absolute Gasteiger partial charge is 0.356 e. The van der Waals surface area contributed by atoms with Crippen LogP contribution in [0.3, 0.4) is 0 Å². The number of nitrogens with zero attached hydrogens (tertiary/aromatic N) is 1. The summed E-state index contributed by atoms with van der Waals surface area (Å²) in [4.78, 5) is 12.1. The maximum atomic E-state index is 12.9. The SMILES string of the molecule is O=C(CCc1ccccc1)NCCC1CCCCN1S(=O)(=O)c1cccs1. The van der Waals surface area contributed by atoms with E-state index >= 15 is 0 Å². The third-order valence-electron chi connectivity index (χ3n) is 4.91. The fourth-order valence-corrected chi connectivity index (χ4v) is 6.32. The lowest BCUT2D eigenvalue weighted by Crippen LogP contribution is -2.44. The Bertz CT molecular complexity index is 820. The molecule has 7 heteroatoms. The zero-order valence-corrected chi connectivity index (χ0v) is 17.0. The lowest BCUT2D eigenvalue weighted by Gasteiger charge is -2.34. The number of benzene rings is 1. The molecule has 27 heavy (non-hydrogen) atoms. The molecule has 1 atom stereocenters. The molecule has 0 aliphatic carbocycles. The zero-order chi connectivity index (χ0) is 19.1. The Morgan fingerprint density at radius 2 is 1.96 bits per heavy atom. The molecule has 0 bridgehead atoms. The molecule has 1 fully saturated rings. The molecule has 3 rings (SSSR count). The number of aryl methyl sites for hydroxylation is 1. The van der Waals surface area contributed by atoms with Crippen molar-refractivity contribution in [1.82, 2.24) is 9.62 Å². The van der Waals surface area contributed by atoms with Crippen molar-refractivity contribution >= 4 is 27.3 Å². The maximum Gasteiger partial charge on any atom is 0.252 e. The van der Waals surface area contributed by atoms with Gasteiger partial charge < -0.3 is 5.32 Å². The van der Waals surface area contributed by atoms with Crippen LogP contribution >= 0.6 is 11.3 Å². The number of rotatable bonds is 8. The van der Waals surface area contributed by atoms with Crippen molar-refractivity contribution in [3.05, 3.63) is 53.4 Å². The average molecular weight is 407 g/mol. The van der Waals surface area contributed by atoms with Crippen LogP contribution in [-0.2, 0) is 21.2 Å². The molecule has 0 saturated carbocycles. The van der Waals surface area contributed by atoms with Crippen LogP contribution in [0.1, 0.15) is 37.7 Å². The van der Waals surface area contributed by atoms with Crippen LogP contribution in [0.4, 0.5) is 0 Å². The first-order valence-electron chi connectivity index (χ1n) is 9.43. The summed E-state index contributed by atoms with van der Waals surface area (Å²) in [6.45, 7) is 1.07. The number of thiophene rings is 1. The minimum absolute atomic E-state index is 0.0160. The molecule has 2 heterocycles. The van der Waals surface area contributed by atoms with Crippen molar-refractivity contribution < 1.29 is 13.2 Å². The van der Waals surface area contributed by atoms with Gasteiger partial charge in [-0.3, -0.25) is 4.79 Å². The fourth-order valence-electron chi connectivity index (χ4n) is 3.47. The molecule has 1 saturated heterocycles. The van der Waals surface area contributed by atoms with Gasteiger partial charge in [0.25, 0.3) is 10.0 Å². The van der Waals surface area contributed by atoms with Crippen molar-refractivity contribution in [1.29, 1.82) is 0 Å². The van der Waals surface area contributed by atoms with Gasteiger partial charge in [-0.2, -0.15) is 4.31 Å². The summed E-state index contributed by atoms with van der Waals surface area (Å²) < 4.78 is 27.8. The molecule has 1 aromatic carbocycles. The van der Waals surface area contributed by atoms with Crippen LogP contribution < -0.4 is 5.32 Å². The van der Waals surface area contributed by atoms with Gasteiger partial charge in [-0.05, 0) is 42.7 Å². The molecule has 0 radical (unpaired) electrons. The average Bonchev–Trinajstić information content (AvgIpc) is 3.23. The van der Waals surface area contributed by atoms with Crippen molar-refractivity contribution in [2.45, 2.75) is 48.8 Å². The highest BCUT2D eigenvalue weighted by Gasteiger charge is 2.33. The van der Waals surface area contributed by atoms with E-state index < -0.39 is 10.0 Å². The van der Waals surface area contributed by atoms with E-state index in [1.807, 2.05) is 30.3 Å². The third kappa shape index (κ3) is 5.40. The number of amides is 1. The second-order valence-electron chi connectivity index (χ2n) is 6.82. The van der Waals surface area contributed by atoms with Crippen molar-refractivity contribution in [2.75, 3.05) is 13.1 Å². The van der Waals surface area contributed by atoms with Gasteiger partial charge in [-0.25, -0.2) is 8.42 Å². The molecule has 1 aliphatic heterocycles. The quantitative estimate of drug-likeness (QED) is 0.730. The summed E-state index contributed by atoms with van der Waals surface area (Å²) in [6, 6.07) is 13.3. The molecule has 2 aromatic rings. The van der Waals surface area contributed by atoms with Crippen LogP contribution in [0.2, 0.25) is 0 Å². The van der Waals surface area contributed by atoms with Crippen LogP contribution in [0.15, 0.2) is 52.1 Å². The van der Waals surface area contributed by atoms with Gasteiger partial charge >= 0.3 is 0 Å². The monoisotopic (exact) mass is 406 g/mol. The van der Waals surface area contributed by atoms with Gasteiger partial charge in [-0.15, -0.1) is 11.3 Å². The number of piperidine rings is 1. The zero-order valence-electron chi connectivity index (χ0n) is 15.3. The van der Waals surface area contributed by atoms with Gasteiger partial charge in [0.2, 0.25) is 5.91 Å². The topological polar surface area (TPSA) is 66.5 Å². The Hall–Kier alpha value is -1.70. The Kier molecular flexibility index (Phi) is 7.04. The smallest absolute Gasteiger partial charge is 0.252 e.